The SMILES string of the molecule is C/C=C1/C(C(O)c2ccc(OCc3ccc(Cl)cc3)c(OCC)c2)=CNC1=NC. The highest BCUT2D eigenvalue weighted by molar-refractivity contribution is 6.30. The Kier molecular flexibility index (Phi) is 6.96. The normalized spacial score (nSPS) is 17.2. The maximum atomic E-state index is 10.9. The van der Waals surface area contributed by atoms with Crippen LogP contribution < -0.4 is 14.8 Å². The van der Waals surface area contributed by atoms with Gasteiger partial charge in [0, 0.05) is 29.4 Å². The molecule has 0 saturated carbocycles. The molecule has 1 atom stereocenters. The maximum Gasteiger partial charge on any atom is 0.161 e. The van der Waals surface area contributed by atoms with Crippen molar-refractivity contribution in [3.63, 3.8) is 0 Å². The van der Waals surface area contributed by atoms with Gasteiger partial charge in [-0.05, 0) is 49.2 Å². The van der Waals surface area contributed by atoms with Gasteiger partial charge in [0.15, 0.2) is 11.5 Å². The molecule has 0 amide bonds. The molecule has 2 N–H and O–H groups in total. The number of aliphatic imine (C=N–C) groups is 1. The van der Waals surface area contributed by atoms with Gasteiger partial charge < -0.3 is 19.9 Å². The van der Waals surface area contributed by atoms with Crippen molar-refractivity contribution in [2.24, 2.45) is 4.99 Å². The zero-order chi connectivity index (χ0) is 20.8. The van der Waals surface area contributed by atoms with E-state index in [1.54, 1.807) is 13.2 Å². The predicted molar refractivity (Wildman–Crippen MR) is 117 cm³/mol. The summed E-state index contributed by atoms with van der Waals surface area (Å²) in [5.41, 5.74) is 3.38. The number of aliphatic hydroxyl groups excluding tert-OH is 1. The van der Waals surface area contributed by atoms with Crippen molar-refractivity contribution in [3.05, 3.63) is 82.0 Å². The van der Waals surface area contributed by atoms with Crippen molar-refractivity contribution in [1.29, 1.82) is 0 Å². The van der Waals surface area contributed by atoms with Crippen molar-refractivity contribution < 1.29 is 14.6 Å². The van der Waals surface area contributed by atoms with E-state index in [-0.39, 0.29) is 0 Å². The molecule has 1 heterocycles. The lowest BCUT2D eigenvalue weighted by atomic mass is 9.96. The molecule has 152 valence electrons. The Morgan fingerprint density at radius 2 is 1.90 bits per heavy atom. The summed E-state index contributed by atoms with van der Waals surface area (Å²) in [4.78, 5) is 4.21. The molecule has 0 spiro atoms. The summed E-state index contributed by atoms with van der Waals surface area (Å²) in [6, 6.07) is 13.0. The molecule has 6 heteroatoms. The summed E-state index contributed by atoms with van der Waals surface area (Å²) >= 11 is 5.93. The minimum absolute atomic E-state index is 0.396. The molecule has 1 aliphatic rings. The van der Waals surface area contributed by atoms with E-state index in [1.165, 1.54) is 0 Å². The molecule has 0 radical (unpaired) electrons. The van der Waals surface area contributed by atoms with Crippen molar-refractivity contribution in [2.45, 2.75) is 26.6 Å². The number of nitrogens with one attached hydrogen (secondary N) is 1. The summed E-state index contributed by atoms with van der Waals surface area (Å²) < 4.78 is 11.7. The zero-order valence-corrected chi connectivity index (χ0v) is 17.5. The summed E-state index contributed by atoms with van der Waals surface area (Å²) in [6.07, 6.45) is 2.91. The molecule has 1 aliphatic heterocycles. The Hall–Kier alpha value is -2.76. The first kappa shape index (κ1) is 21.0. The van der Waals surface area contributed by atoms with Crippen molar-refractivity contribution >= 4 is 17.4 Å². The first-order valence-corrected chi connectivity index (χ1v) is 9.87. The lowest BCUT2D eigenvalue weighted by Gasteiger charge is -2.17. The highest BCUT2D eigenvalue weighted by Crippen LogP contribution is 2.36. The van der Waals surface area contributed by atoms with Gasteiger partial charge in [-0.2, -0.15) is 0 Å². The standard InChI is InChI=1S/C23H25ClN2O3/c1-4-18-19(13-26-23(18)25-3)22(27)16-8-11-20(21(12-16)28-5-2)29-14-15-6-9-17(24)10-7-15/h4,6-13,22,27H,5,14H2,1-3H3,(H,25,26)/b18-4-. The topological polar surface area (TPSA) is 63.1 Å². The molecule has 1 unspecified atom stereocenters. The molecule has 0 bridgehead atoms. The largest absolute Gasteiger partial charge is 0.490 e. The second-order valence-electron chi connectivity index (χ2n) is 6.48. The number of hydrogen-bond donors (Lipinski definition) is 2. The van der Waals surface area contributed by atoms with Crippen LogP contribution in [0.5, 0.6) is 11.5 Å². The van der Waals surface area contributed by atoms with E-state index >= 15 is 0 Å². The van der Waals surface area contributed by atoms with Gasteiger partial charge in [-0.1, -0.05) is 35.9 Å². The van der Waals surface area contributed by atoms with Crippen LogP contribution in [0.25, 0.3) is 0 Å². The van der Waals surface area contributed by atoms with E-state index in [4.69, 9.17) is 21.1 Å². The van der Waals surface area contributed by atoms with Crippen LogP contribution >= 0.6 is 11.6 Å². The number of aliphatic hydroxyl groups is 1. The van der Waals surface area contributed by atoms with Gasteiger partial charge in [-0.3, -0.25) is 4.99 Å². The Bertz CT molecular complexity index is 949. The fraction of sp³-hybridized carbons (Fsp3) is 0.261. The number of rotatable bonds is 7. The quantitative estimate of drug-likeness (QED) is 0.684. The number of nitrogens with zero attached hydrogens (tertiary/aromatic N) is 1. The highest BCUT2D eigenvalue weighted by atomic mass is 35.5. The van der Waals surface area contributed by atoms with Crippen molar-refractivity contribution in [3.8, 4) is 11.5 Å². The first-order valence-electron chi connectivity index (χ1n) is 9.49. The second-order valence-corrected chi connectivity index (χ2v) is 6.91. The summed E-state index contributed by atoms with van der Waals surface area (Å²) in [6.45, 7) is 4.73. The van der Waals surface area contributed by atoms with Crippen molar-refractivity contribution in [2.75, 3.05) is 13.7 Å². The van der Waals surface area contributed by atoms with Gasteiger partial charge in [-0.25, -0.2) is 0 Å². The molecule has 0 fully saturated rings. The summed E-state index contributed by atoms with van der Waals surface area (Å²) in [7, 11) is 1.72. The van der Waals surface area contributed by atoms with E-state index in [2.05, 4.69) is 10.3 Å². The van der Waals surface area contributed by atoms with Gasteiger partial charge >= 0.3 is 0 Å². The van der Waals surface area contributed by atoms with Crippen LogP contribution in [0, 0.1) is 0 Å². The van der Waals surface area contributed by atoms with E-state index in [9.17, 15) is 5.11 Å². The third-order valence-electron chi connectivity index (χ3n) is 4.63. The average molecular weight is 413 g/mol. The number of ether oxygens (including phenoxy) is 2. The van der Waals surface area contributed by atoms with Crippen LogP contribution in [-0.2, 0) is 6.61 Å². The lowest BCUT2D eigenvalue weighted by Crippen LogP contribution is -2.13. The van der Waals surface area contributed by atoms with E-state index in [0.717, 1.165) is 28.1 Å². The number of allylic oxidation sites excluding steroid dienone is 1. The maximum absolute atomic E-state index is 10.9. The highest BCUT2D eigenvalue weighted by Gasteiger charge is 2.25. The molecule has 29 heavy (non-hydrogen) atoms. The zero-order valence-electron chi connectivity index (χ0n) is 16.8. The van der Waals surface area contributed by atoms with Gasteiger partial charge in [-0.15, -0.1) is 0 Å². The number of hydrogen-bond acceptors (Lipinski definition) is 4. The van der Waals surface area contributed by atoms with E-state index in [0.29, 0.717) is 29.7 Å². The molecule has 2 aromatic rings. The molecule has 0 aliphatic carbocycles. The molecule has 0 saturated heterocycles. The Morgan fingerprint density at radius 1 is 1.14 bits per heavy atom. The molecule has 3 rings (SSSR count). The van der Waals surface area contributed by atoms with Gasteiger partial charge in [0.25, 0.3) is 0 Å². The van der Waals surface area contributed by atoms with Gasteiger partial charge in [0.1, 0.15) is 18.5 Å². The molecular weight excluding hydrogens is 388 g/mol. The number of amidine groups is 1. The lowest BCUT2D eigenvalue weighted by molar-refractivity contribution is 0.217. The third-order valence-corrected chi connectivity index (χ3v) is 4.88. The summed E-state index contributed by atoms with van der Waals surface area (Å²) in [5, 5.41) is 14.7. The van der Waals surface area contributed by atoms with Crippen LogP contribution in [0.3, 0.4) is 0 Å². The minimum Gasteiger partial charge on any atom is -0.490 e. The van der Waals surface area contributed by atoms with Crippen LogP contribution in [-0.4, -0.2) is 24.6 Å². The Labute approximate surface area is 176 Å². The molecule has 5 nitrogen and oxygen atoms in total. The number of halogens is 1. The monoisotopic (exact) mass is 412 g/mol. The van der Waals surface area contributed by atoms with Crippen LogP contribution in [0.1, 0.15) is 31.1 Å². The van der Waals surface area contributed by atoms with Crippen LogP contribution in [0.15, 0.2) is 70.9 Å². The number of benzene rings is 2. The third kappa shape index (κ3) is 4.81. The fourth-order valence-electron chi connectivity index (χ4n) is 3.16. The summed E-state index contributed by atoms with van der Waals surface area (Å²) in [5.74, 6) is 1.96. The Morgan fingerprint density at radius 3 is 2.55 bits per heavy atom. The molecule has 0 aromatic heterocycles. The van der Waals surface area contributed by atoms with Crippen LogP contribution in [0.2, 0.25) is 5.02 Å². The smallest absolute Gasteiger partial charge is 0.161 e. The molecular formula is C23H25ClN2O3. The first-order chi connectivity index (χ1) is 14.1. The second kappa shape index (κ2) is 9.63. The van der Waals surface area contributed by atoms with Gasteiger partial charge in [0.2, 0.25) is 0 Å². The predicted octanol–water partition coefficient (Wildman–Crippen LogP) is 4.81. The van der Waals surface area contributed by atoms with E-state index < -0.39 is 6.10 Å². The van der Waals surface area contributed by atoms with Crippen molar-refractivity contribution in [1.82, 2.24) is 5.32 Å². The van der Waals surface area contributed by atoms with Gasteiger partial charge in [0.05, 0.1) is 6.61 Å². The fourth-order valence-corrected chi connectivity index (χ4v) is 3.28. The minimum atomic E-state index is -0.808. The van der Waals surface area contributed by atoms with Crippen LogP contribution in [0.4, 0.5) is 0 Å². The van der Waals surface area contributed by atoms with E-state index in [1.807, 2.05) is 62.4 Å². The Balaban J connectivity index is 1.81. The molecule has 2 aromatic carbocycles. The average Bonchev–Trinajstić information content (AvgIpc) is 3.16.